The third kappa shape index (κ3) is 9.39. The molecule has 0 spiro atoms. The van der Waals surface area contributed by atoms with Gasteiger partial charge in [-0.05, 0) is 234 Å². The molecule has 3 heterocycles. The Morgan fingerprint density at radius 3 is 1.60 bits per heavy atom. The second-order valence-corrected chi connectivity index (χ2v) is 33.8. The summed E-state index contributed by atoms with van der Waals surface area (Å²) in [5.74, 6) is 0. The first-order valence-electron chi connectivity index (χ1n) is 34.8. The van der Waals surface area contributed by atoms with Gasteiger partial charge in [0, 0.05) is 50.8 Å². The second kappa shape index (κ2) is 20.8. The Balaban J connectivity index is 1.03. The highest BCUT2D eigenvalue weighted by Crippen LogP contribution is 2.62. The molecule has 9 aromatic rings. The van der Waals surface area contributed by atoms with Gasteiger partial charge < -0.3 is 14.7 Å². The van der Waals surface area contributed by atoms with E-state index in [0.29, 0.717) is 0 Å². The lowest BCUT2D eigenvalue weighted by molar-refractivity contribution is 0.195. The smallest absolute Gasteiger partial charge is 0.252 e. The molecule has 0 bridgehead atoms. The van der Waals surface area contributed by atoms with Crippen LogP contribution in [0.4, 0.5) is 45.5 Å². The average molecular weight is 1210 g/mol. The molecule has 0 aromatic heterocycles. The molecule has 3 aliphatic carbocycles. The molecule has 0 N–H and O–H groups in total. The first-order chi connectivity index (χ1) is 43.6. The molecular weight excluding hydrogens is 1110 g/mol. The van der Waals surface area contributed by atoms with E-state index < -0.39 is 0 Å². The van der Waals surface area contributed by atoms with E-state index in [4.69, 9.17) is 0 Å². The van der Waals surface area contributed by atoms with Crippen LogP contribution in [0.25, 0.3) is 22.8 Å². The molecule has 0 radical (unpaired) electrons. The molecule has 6 aliphatic rings. The summed E-state index contributed by atoms with van der Waals surface area (Å²) in [6, 6.07) is 74.3. The van der Waals surface area contributed by atoms with E-state index in [0.717, 1.165) is 32.1 Å². The first-order valence-corrected chi connectivity index (χ1v) is 34.8. The Morgan fingerprint density at radius 1 is 0.391 bits per heavy atom. The van der Waals surface area contributed by atoms with Crippen LogP contribution < -0.4 is 31.1 Å². The van der Waals surface area contributed by atoms with Crippen LogP contribution in [0.3, 0.4) is 0 Å². The van der Waals surface area contributed by atoms with Gasteiger partial charge in [0.1, 0.15) is 0 Å². The average Bonchev–Trinajstić information content (AvgIpc) is 0.796. The number of hydrogen-bond donors (Lipinski definition) is 0. The van der Waals surface area contributed by atoms with Gasteiger partial charge in [-0.3, -0.25) is 0 Å². The van der Waals surface area contributed by atoms with Gasteiger partial charge in [-0.1, -0.05) is 238 Å². The van der Waals surface area contributed by atoms with E-state index in [-0.39, 0.29) is 50.2 Å². The summed E-state index contributed by atoms with van der Waals surface area (Å²) in [6.45, 7) is 39.5. The lowest BCUT2D eigenvalue weighted by Gasteiger charge is -2.51. The summed E-state index contributed by atoms with van der Waals surface area (Å²) in [4.78, 5) is 8.34. The lowest BCUT2D eigenvalue weighted by Crippen LogP contribution is -2.62. The van der Waals surface area contributed by atoms with Crippen LogP contribution in [-0.4, -0.2) is 12.3 Å². The molecule has 4 heteroatoms. The normalized spacial score (nSPS) is 21.3. The molecule has 92 heavy (non-hydrogen) atoms. The van der Waals surface area contributed by atoms with Crippen molar-refractivity contribution >= 4 is 80.2 Å². The maximum atomic E-state index is 2.83. The Bertz CT molecular complexity index is 4470. The van der Waals surface area contributed by atoms with Gasteiger partial charge in [0.25, 0.3) is 6.71 Å². The van der Waals surface area contributed by atoms with Gasteiger partial charge in [0.05, 0.1) is 11.2 Å². The molecule has 466 valence electrons. The summed E-state index contributed by atoms with van der Waals surface area (Å²) >= 11 is 0. The van der Waals surface area contributed by atoms with Crippen LogP contribution in [0.1, 0.15) is 218 Å². The topological polar surface area (TPSA) is 9.72 Å². The molecule has 15 rings (SSSR count). The van der Waals surface area contributed by atoms with Gasteiger partial charge in [0.15, 0.2) is 0 Å². The predicted molar refractivity (Wildman–Crippen MR) is 397 cm³/mol. The number of fused-ring (bicyclic) bond motifs is 9. The molecule has 3 aliphatic heterocycles. The number of nitrogens with zero attached hydrogens (tertiary/aromatic N) is 3. The van der Waals surface area contributed by atoms with Crippen molar-refractivity contribution in [3.63, 3.8) is 0 Å². The largest absolute Gasteiger partial charge is 0.334 e. The highest BCUT2D eigenvalue weighted by atomic mass is 15.3. The number of anilines is 8. The van der Waals surface area contributed by atoms with E-state index in [1.807, 2.05) is 0 Å². The Morgan fingerprint density at radius 2 is 0.946 bits per heavy atom. The van der Waals surface area contributed by atoms with E-state index in [9.17, 15) is 0 Å². The standard InChI is InChI=1S/C88H96BN3/c1-81(2,3)61-35-41-74(66(50-61)59-32-24-19-25-33-59)91-76-54-64(92-75-40-34-60(49-71(75)87(15)42-26-27-43-88(87,92)16)65(58-30-22-18-23-31-58)48-57-28-20-17-21-29-57)37-39-72(76)89-73-55-69-70(86(13,14)47-46-85(69,11)12)56-77(73)90(78-51-62(82(4,5)6)52-79(91)80(78)89)63-36-38-67-68(53-63)84(9,10)45-44-83(67,7)8/h17-25,28-41,48-56H,26-27,42-47H2,1-16H3/b65-48+. The Kier molecular flexibility index (Phi) is 13.7. The van der Waals surface area contributed by atoms with E-state index in [2.05, 4.69) is 320 Å². The van der Waals surface area contributed by atoms with Crippen molar-refractivity contribution in [2.45, 2.75) is 206 Å². The number of hydrogen-bond acceptors (Lipinski definition) is 3. The molecule has 3 nitrogen and oxygen atoms in total. The maximum absolute atomic E-state index is 2.83. The summed E-state index contributed by atoms with van der Waals surface area (Å²) in [5, 5.41) is 0. The molecule has 1 fully saturated rings. The van der Waals surface area contributed by atoms with Crippen molar-refractivity contribution in [1.82, 2.24) is 0 Å². The fourth-order valence-corrected chi connectivity index (χ4v) is 17.9. The monoisotopic (exact) mass is 1210 g/mol. The first kappa shape index (κ1) is 60.4. The fourth-order valence-electron chi connectivity index (χ4n) is 17.9. The van der Waals surface area contributed by atoms with Crippen LogP contribution in [0, 0.1) is 0 Å². The zero-order chi connectivity index (χ0) is 64.5. The molecule has 2 unspecified atom stereocenters. The van der Waals surface area contributed by atoms with Crippen molar-refractivity contribution in [3.05, 3.63) is 244 Å². The summed E-state index contributed by atoms with van der Waals surface area (Å²) in [6.07, 6.45) is 11.7. The summed E-state index contributed by atoms with van der Waals surface area (Å²) in [5.41, 5.74) is 31.5. The SMILES string of the molecule is CC(C)(C)c1ccc(N2c3cc(N4c5ccc(/C(=C/c6ccccc6)c6ccccc6)cc5C5(C)CCCCC45C)ccc3B3c4cc5c(cc4N(c4ccc6c(c4)C(C)(C)CCC6(C)C)c4cc(C(C)(C)C)cc2c43)C(C)(C)CCC5(C)C)c(-c2ccccc2)c1. The third-order valence-corrected chi connectivity index (χ3v) is 24.0. The highest BCUT2D eigenvalue weighted by Gasteiger charge is 2.58. The summed E-state index contributed by atoms with van der Waals surface area (Å²) in [7, 11) is 0. The van der Waals surface area contributed by atoms with Crippen molar-refractivity contribution in [2.75, 3.05) is 14.7 Å². The molecular formula is C88H96BN3. The van der Waals surface area contributed by atoms with Crippen molar-refractivity contribution < 1.29 is 0 Å². The van der Waals surface area contributed by atoms with Crippen molar-refractivity contribution in [2.24, 2.45) is 0 Å². The highest BCUT2D eigenvalue weighted by molar-refractivity contribution is 7.00. The van der Waals surface area contributed by atoms with Gasteiger partial charge in [-0.25, -0.2) is 0 Å². The second-order valence-electron chi connectivity index (χ2n) is 33.8. The zero-order valence-electron chi connectivity index (χ0n) is 58.1. The van der Waals surface area contributed by atoms with Gasteiger partial charge in [0.2, 0.25) is 0 Å². The predicted octanol–water partition coefficient (Wildman–Crippen LogP) is 22.1. The molecule has 9 aromatic carbocycles. The molecule has 1 saturated carbocycles. The number of rotatable bonds is 7. The molecule has 2 atom stereocenters. The number of benzene rings is 9. The fraction of sp³-hybridized carbons (Fsp3) is 0.364. The van der Waals surface area contributed by atoms with E-state index in [1.54, 1.807) is 0 Å². The van der Waals surface area contributed by atoms with Gasteiger partial charge >= 0.3 is 0 Å². The maximum Gasteiger partial charge on any atom is 0.252 e. The van der Waals surface area contributed by atoms with E-state index in [1.165, 1.54) is 153 Å². The van der Waals surface area contributed by atoms with Crippen LogP contribution in [0.15, 0.2) is 188 Å². The minimum Gasteiger partial charge on any atom is -0.334 e. The minimum absolute atomic E-state index is 0.00239. The van der Waals surface area contributed by atoms with Crippen LogP contribution in [0.2, 0.25) is 0 Å². The molecule has 0 amide bonds. The van der Waals surface area contributed by atoms with E-state index >= 15 is 0 Å². The van der Waals surface area contributed by atoms with Gasteiger partial charge in [-0.15, -0.1) is 0 Å². The summed E-state index contributed by atoms with van der Waals surface area (Å²) < 4.78 is 0. The van der Waals surface area contributed by atoms with Crippen LogP contribution in [-0.2, 0) is 37.9 Å². The Hall–Kier alpha value is -7.82. The Labute approximate surface area is 552 Å². The zero-order valence-corrected chi connectivity index (χ0v) is 58.1. The minimum atomic E-state index is -0.196. The van der Waals surface area contributed by atoms with Crippen LogP contribution in [0.5, 0.6) is 0 Å². The lowest BCUT2D eigenvalue weighted by atomic mass is 9.33. The van der Waals surface area contributed by atoms with Gasteiger partial charge in [-0.2, -0.15) is 0 Å². The van der Waals surface area contributed by atoms with Crippen molar-refractivity contribution in [3.8, 4) is 11.1 Å². The third-order valence-electron chi connectivity index (χ3n) is 24.0. The molecule has 0 saturated heterocycles. The van der Waals surface area contributed by atoms with Crippen LogP contribution >= 0.6 is 0 Å². The van der Waals surface area contributed by atoms with Crippen molar-refractivity contribution in [1.29, 1.82) is 0 Å². The quantitative estimate of drug-likeness (QED) is 0.116.